The minimum absolute atomic E-state index is 0.0148. The fourth-order valence-corrected chi connectivity index (χ4v) is 5.53. The zero-order valence-electron chi connectivity index (χ0n) is 20.0. The number of amides is 3. The first-order valence-electron chi connectivity index (χ1n) is 11.9. The molecule has 8 heteroatoms. The van der Waals surface area contributed by atoms with Gasteiger partial charge in [0, 0.05) is 31.0 Å². The lowest BCUT2D eigenvalue weighted by Crippen LogP contribution is -2.58. The predicted molar refractivity (Wildman–Crippen MR) is 130 cm³/mol. The van der Waals surface area contributed by atoms with Crippen LogP contribution in [0.15, 0.2) is 36.4 Å². The monoisotopic (exact) mass is 494 g/mol. The van der Waals surface area contributed by atoms with E-state index in [4.69, 9.17) is 16.3 Å². The highest BCUT2D eigenvalue weighted by Gasteiger charge is 2.48. The number of likely N-dealkylation sites (tertiary alicyclic amines) is 1. The average Bonchev–Trinajstić information content (AvgIpc) is 3.06. The third-order valence-corrected chi connectivity index (χ3v) is 7.75. The second-order valence-corrected chi connectivity index (χ2v) is 10.4. The van der Waals surface area contributed by atoms with Crippen LogP contribution in [0.3, 0.4) is 0 Å². The number of fused-ring (bicyclic) bond motifs is 2. The Morgan fingerprint density at radius 3 is 2.17 bits per heavy atom. The van der Waals surface area contributed by atoms with Crippen LogP contribution in [0.1, 0.15) is 69.7 Å². The van der Waals surface area contributed by atoms with E-state index in [1.807, 2.05) is 20.8 Å². The van der Waals surface area contributed by atoms with Gasteiger partial charge in [0.05, 0.1) is 23.1 Å². The number of benzene rings is 2. The standard InChI is InChI=1S/C27H27ClN2O5/c1-15(2)23(30-24(32)17-6-4-5-7-18(17)25(30)33)26(34)29-10-8-27(9-11-29)14-21(31)19-13-20(28)16(3)12-22(19)35-27/h4-7,12-13,15,23H,8-11,14H2,1-3H3. The van der Waals surface area contributed by atoms with Crippen molar-refractivity contribution in [2.75, 3.05) is 13.1 Å². The van der Waals surface area contributed by atoms with Gasteiger partial charge in [-0.25, -0.2) is 0 Å². The molecule has 0 aromatic heterocycles. The molecule has 3 aliphatic rings. The van der Waals surface area contributed by atoms with Crippen molar-refractivity contribution in [3.63, 3.8) is 0 Å². The molecule has 0 bridgehead atoms. The topological polar surface area (TPSA) is 84.0 Å². The molecule has 35 heavy (non-hydrogen) atoms. The van der Waals surface area contributed by atoms with Gasteiger partial charge in [0.1, 0.15) is 17.4 Å². The van der Waals surface area contributed by atoms with Crippen molar-refractivity contribution in [2.45, 2.75) is 51.7 Å². The van der Waals surface area contributed by atoms with Crippen molar-refractivity contribution < 1.29 is 23.9 Å². The normalized spacial score (nSPS) is 19.6. The van der Waals surface area contributed by atoms with Gasteiger partial charge in [-0.15, -0.1) is 0 Å². The summed E-state index contributed by atoms with van der Waals surface area (Å²) in [6.45, 7) is 6.29. The number of aryl methyl sites for hydroxylation is 1. The first-order valence-corrected chi connectivity index (χ1v) is 12.3. The number of hydrogen-bond acceptors (Lipinski definition) is 5. The highest BCUT2D eigenvalue weighted by molar-refractivity contribution is 6.32. The second kappa shape index (κ2) is 8.48. The number of carbonyl (C=O) groups is 4. The van der Waals surface area contributed by atoms with Gasteiger partial charge in [0.2, 0.25) is 5.91 Å². The zero-order valence-corrected chi connectivity index (χ0v) is 20.7. The van der Waals surface area contributed by atoms with E-state index < -0.39 is 23.5 Å². The maximum Gasteiger partial charge on any atom is 0.262 e. The number of Topliss-reactive ketones (excluding diaryl/α,β-unsaturated/α-hetero) is 1. The molecule has 3 heterocycles. The van der Waals surface area contributed by atoms with Crippen LogP contribution in [-0.2, 0) is 4.79 Å². The smallest absolute Gasteiger partial charge is 0.262 e. The van der Waals surface area contributed by atoms with Crippen molar-refractivity contribution in [3.8, 4) is 5.75 Å². The van der Waals surface area contributed by atoms with Crippen LogP contribution in [0.2, 0.25) is 5.02 Å². The maximum atomic E-state index is 13.6. The van der Waals surface area contributed by atoms with Gasteiger partial charge in [0.25, 0.3) is 11.8 Å². The largest absolute Gasteiger partial charge is 0.486 e. The summed E-state index contributed by atoms with van der Waals surface area (Å²) in [6, 6.07) is 9.22. The van der Waals surface area contributed by atoms with E-state index in [-0.39, 0.29) is 24.0 Å². The quantitative estimate of drug-likeness (QED) is 0.594. The Balaban J connectivity index is 1.34. The van der Waals surface area contributed by atoms with Crippen molar-refractivity contribution >= 4 is 35.1 Å². The van der Waals surface area contributed by atoms with Crippen LogP contribution in [0.4, 0.5) is 0 Å². The SMILES string of the molecule is Cc1cc2c(cc1Cl)C(=O)CC1(CCN(C(=O)C(C(C)C)N3C(=O)c4ccccc4C3=O)CC1)O2. The molecule has 7 nitrogen and oxygen atoms in total. The zero-order chi connectivity index (χ0) is 25.1. The second-order valence-electron chi connectivity index (χ2n) is 10.0. The molecule has 0 N–H and O–H groups in total. The summed E-state index contributed by atoms with van der Waals surface area (Å²) in [6.07, 6.45) is 1.20. The third kappa shape index (κ3) is 3.82. The van der Waals surface area contributed by atoms with Crippen LogP contribution in [0, 0.1) is 12.8 Å². The predicted octanol–water partition coefficient (Wildman–Crippen LogP) is 4.30. The molecule has 1 atom stereocenters. The Morgan fingerprint density at radius 1 is 1.00 bits per heavy atom. The minimum atomic E-state index is -0.893. The van der Waals surface area contributed by atoms with Gasteiger partial charge in [-0.3, -0.25) is 24.1 Å². The molecule has 1 fully saturated rings. The Kier molecular flexibility index (Phi) is 5.71. The van der Waals surface area contributed by atoms with Crippen LogP contribution < -0.4 is 4.74 Å². The van der Waals surface area contributed by atoms with Gasteiger partial charge in [-0.2, -0.15) is 0 Å². The average molecular weight is 495 g/mol. The van der Waals surface area contributed by atoms with Crippen LogP contribution >= 0.6 is 11.6 Å². The molecule has 1 saturated heterocycles. The summed E-state index contributed by atoms with van der Waals surface area (Å²) in [4.78, 5) is 55.4. The van der Waals surface area contributed by atoms with Gasteiger partial charge in [-0.1, -0.05) is 37.6 Å². The number of ether oxygens (including phenoxy) is 1. The number of imide groups is 1. The van der Waals surface area contributed by atoms with Crippen molar-refractivity contribution in [3.05, 3.63) is 63.7 Å². The van der Waals surface area contributed by atoms with Crippen LogP contribution in [0.5, 0.6) is 5.75 Å². The summed E-state index contributed by atoms with van der Waals surface area (Å²) in [7, 11) is 0. The number of ketones is 1. The fourth-order valence-electron chi connectivity index (χ4n) is 5.37. The summed E-state index contributed by atoms with van der Waals surface area (Å²) in [5.74, 6) is -0.855. The van der Waals surface area contributed by atoms with E-state index >= 15 is 0 Å². The van der Waals surface area contributed by atoms with Crippen molar-refractivity contribution in [2.24, 2.45) is 5.92 Å². The summed E-state index contributed by atoms with van der Waals surface area (Å²) in [5, 5.41) is 0.532. The lowest BCUT2D eigenvalue weighted by molar-refractivity contribution is -0.140. The molecular formula is C27H27ClN2O5. The van der Waals surface area contributed by atoms with E-state index in [0.717, 1.165) is 10.5 Å². The van der Waals surface area contributed by atoms with Gasteiger partial charge < -0.3 is 9.64 Å². The Labute approximate surface area is 209 Å². The highest BCUT2D eigenvalue weighted by atomic mass is 35.5. The molecule has 1 spiro atoms. The molecule has 0 aliphatic carbocycles. The van der Waals surface area contributed by atoms with Gasteiger partial charge >= 0.3 is 0 Å². The molecule has 0 radical (unpaired) electrons. The number of piperidine rings is 1. The Bertz CT molecular complexity index is 1230. The lowest BCUT2D eigenvalue weighted by Gasteiger charge is -2.45. The lowest BCUT2D eigenvalue weighted by atomic mass is 9.82. The van der Waals surface area contributed by atoms with E-state index in [1.54, 1.807) is 41.3 Å². The number of rotatable bonds is 3. The number of halogens is 1. The van der Waals surface area contributed by atoms with E-state index in [9.17, 15) is 19.2 Å². The molecule has 3 aliphatic heterocycles. The summed E-state index contributed by atoms with van der Waals surface area (Å²) < 4.78 is 6.34. The van der Waals surface area contributed by atoms with E-state index in [1.165, 1.54) is 0 Å². The molecule has 182 valence electrons. The van der Waals surface area contributed by atoms with Gasteiger partial charge in [0.15, 0.2) is 5.78 Å². The molecule has 3 amide bonds. The third-order valence-electron chi connectivity index (χ3n) is 7.34. The summed E-state index contributed by atoms with van der Waals surface area (Å²) >= 11 is 6.20. The molecule has 1 unspecified atom stereocenters. The fraction of sp³-hybridized carbons (Fsp3) is 0.407. The molecular weight excluding hydrogens is 468 g/mol. The summed E-state index contributed by atoms with van der Waals surface area (Å²) in [5.41, 5.74) is 1.32. The minimum Gasteiger partial charge on any atom is -0.486 e. The molecule has 2 aromatic rings. The maximum absolute atomic E-state index is 13.6. The molecule has 2 aromatic carbocycles. The van der Waals surface area contributed by atoms with Gasteiger partial charge in [-0.05, 0) is 42.7 Å². The first-order chi connectivity index (χ1) is 16.6. The van der Waals surface area contributed by atoms with E-state index in [2.05, 4.69) is 0 Å². The number of nitrogens with zero attached hydrogens (tertiary/aromatic N) is 2. The first kappa shape index (κ1) is 23.5. The van der Waals surface area contributed by atoms with E-state index in [0.29, 0.717) is 53.4 Å². The Morgan fingerprint density at radius 2 is 1.60 bits per heavy atom. The Hall–Kier alpha value is -3.19. The van der Waals surface area contributed by atoms with Crippen molar-refractivity contribution in [1.82, 2.24) is 9.80 Å². The van der Waals surface area contributed by atoms with Crippen LogP contribution in [0.25, 0.3) is 0 Å². The molecule has 0 saturated carbocycles. The van der Waals surface area contributed by atoms with Crippen LogP contribution in [-0.4, -0.2) is 58.0 Å². The number of hydrogen-bond donors (Lipinski definition) is 0. The molecule has 5 rings (SSSR count). The van der Waals surface area contributed by atoms with Crippen molar-refractivity contribution in [1.29, 1.82) is 0 Å². The highest BCUT2D eigenvalue weighted by Crippen LogP contribution is 2.41. The number of carbonyl (C=O) groups excluding carboxylic acids is 4.